The van der Waals surface area contributed by atoms with Crippen LogP contribution in [0, 0.1) is 0 Å². The molecule has 2 heterocycles. The second-order valence-corrected chi connectivity index (χ2v) is 6.23. The maximum Gasteiger partial charge on any atom is 0.243 e. The molecule has 1 N–H and O–H groups in total. The van der Waals surface area contributed by atoms with Crippen LogP contribution in [0.1, 0.15) is 6.42 Å². The molecule has 0 radical (unpaired) electrons. The number of sulfonamides is 1. The third-order valence-corrected chi connectivity index (χ3v) is 4.06. The molecule has 2 rings (SSSR count). The van der Waals surface area contributed by atoms with Gasteiger partial charge in [0.25, 0.3) is 0 Å². The Bertz CT molecular complexity index is 648. The minimum Gasteiger partial charge on any atom is -0.274 e. The van der Waals surface area contributed by atoms with Crippen molar-refractivity contribution < 1.29 is 8.42 Å². The van der Waals surface area contributed by atoms with Crippen molar-refractivity contribution in [2.24, 2.45) is 7.05 Å². The summed E-state index contributed by atoms with van der Waals surface area (Å²) < 4.78 is 29.3. The van der Waals surface area contributed by atoms with Gasteiger partial charge in [-0.3, -0.25) is 9.36 Å². The van der Waals surface area contributed by atoms with Crippen molar-refractivity contribution in [3.63, 3.8) is 0 Å². The molecule has 0 fully saturated rings. The van der Waals surface area contributed by atoms with Crippen molar-refractivity contribution in [1.29, 1.82) is 0 Å². The van der Waals surface area contributed by atoms with Crippen LogP contribution in [-0.4, -0.2) is 34.5 Å². The van der Waals surface area contributed by atoms with Gasteiger partial charge in [-0.25, -0.2) is 13.1 Å². The van der Waals surface area contributed by atoms with Gasteiger partial charge in [0.2, 0.25) is 10.0 Å². The van der Waals surface area contributed by atoms with Gasteiger partial charge in [-0.15, -0.1) is 0 Å². The molecule has 0 aliphatic heterocycles. The highest BCUT2D eigenvalue weighted by molar-refractivity contribution is 7.89. The number of nitrogens with zero attached hydrogens (tertiary/aromatic N) is 4. The largest absolute Gasteiger partial charge is 0.274 e. The topological polar surface area (TPSA) is 81.8 Å². The van der Waals surface area contributed by atoms with Crippen molar-refractivity contribution >= 4 is 21.6 Å². The van der Waals surface area contributed by atoms with Crippen LogP contribution < -0.4 is 4.72 Å². The molecule has 0 spiro atoms. The van der Waals surface area contributed by atoms with E-state index in [1.807, 2.05) is 0 Å². The summed E-state index contributed by atoms with van der Waals surface area (Å²) in [4.78, 5) is 0.164. The van der Waals surface area contributed by atoms with E-state index in [2.05, 4.69) is 14.9 Å². The van der Waals surface area contributed by atoms with Gasteiger partial charge >= 0.3 is 0 Å². The highest BCUT2D eigenvalue weighted by Gasteiger charge is 2.14. The van der Waals surface area contributed by atoms with E-state index in [1.165, 1.54) is 17.1 Å². The van der Waals surface area contributed by atoms with Crippen LogP contribution in [0.4, 0.5) is 0 Å². The van der Waals surface area contributed by atoms with E-state index in [9.17, 15) is 8.42 Å². The van der Waals surface area contributed by atoms with Crippen LogP contribution in [0.2, 0.25) is 5.02 Å². The second-order valence-electron chi connectivity index (χ2n) is 4.02. The standard InChI is InChI=1S/C10H14ClN5O2S/c1-15-8-10(6-12-15)19(17,18)14-3-2-4-16-7-9(11)5-13-16/h5-8,14H,2-4H2,1H3. The van der Waals surface area contributed by atoms with Crippen LogP contribution in [0.25, 0.3) is 0 Å². The summed E-state index contributed by atoms with van der Waals surface area (Å²) in [5.41, 5.74) is 0. The first-order chi connectivity index (χ1) is 8.97. The second kappa shape index (κ2) is 5.72. The van der Waals surface area contributed by atoms with E-state index in [-0.39, 0.29) is 4.90 Å². The first kappa shape index (κ1) is 14.0. The summed E-state index contributed by atoms with van der Waals surface area (Å²) >= 11 is 5.72. The molecular weight excluding hydrogens is 290 g/mol. The Kier molecular flexibility index (Phi) is 4.23. The molecule has 2 aromatic rings. The number of aryl methyl sites for hydroxylation is 2. The van der Waals surface area contributed by atoms with E-state index in [1.54, 1.807) is 24.1 Å². The lowest BCUT2D eigenvalue weighted by atomic mass is 10.4. The summed E-state index contributed by atoms with van der Waals surface area (Å²) in [6, 6.07) is 0. The maximum atomic E-state index is 11.9. The molecule has 0 amide bonds. The lowest BCUT2D eigenvalue weighted by Gasteiger charge is -2.04. The number of hydrogen-bond acceptors (Lipinski definition) is 4. The number of nitrogens with one attached hydrogen (secondary N) is 1. The Labute approximate surface area is 116 Å². The zero-order valence-electron chi connectivity index (χ0n) is 10.3. The first-order valence-electron chi connectivity index (χ1n) is 5.64. The van der Waals surface area contributed by atoms with Gasteiger partial charge in [0, 0.05) is 32.5 Å². The molecule has 0 atom stereocenters. The van der Waals surface area contributed by atoms with Crippen molar-refractivity contribution in [2.75, 3.05) is 6.54 Å². The van der Waals surface area contributed by atoms with Crippen molar-refractivity contribution in [1.82, 2.24) is 24.3 Å². The predicted octanol–water partition coefficient (Wildman–Crippen LogP) is 0.639. The number of halogens is 1. The van der Waals surface area contributed by atoms with Crippen LogP contribution in [0.3, 0.4) is 0 Å². The van der Waals surface area contributed by atoms with Gasteiger partial charge in [-0.05, 0) is 6.42 Å². The zero-order valence-corrected chi connectivity index (χ0v) is 11.9. The quantitative estimate of drug-likeness (QED) is 0.794. The molecule has 0 aromatic carbocycles. The van der Waals surface area contributed by atoms with Crippen LogP contribution in [0.15, 0.2) is 29.7 Å². The van der Waals surface area contributed by atoms with Gasteiger partial charge in [0.15, 0.2) is 0 Å². The molecule has 0 saturated heterocycles. The minimum atomic E-state index is -3.48. The SMILES string of the molecule is Cn1cc(S(=O)(=O)NCCCn2cc(Cl)cn2)cn1. The maximum absolute atomic E-state index is 11.9. The highest BCUT2D eigenvalue weighted by Crippen LogP contribution is 2.07. The minimum absolute atomic E-state index is 0.164. The third kappa shape index (κ3) is 3.79. The monoisotopic (exact) mass is 303 g/mol. The lowest BCUT2D eigenvalue weighted by Crippen LogP contribution is -2.25. The fraction of sp³-hybridized carbons (Fsp3) is 0.400. The zero-order chi connectivity index (χ0) is 13.9. The summed E-state index contributed by atoms with van der Waals surface area (Å²) in [6.07, 6.45) is 6.63. The third-order valence-electron chi connectivity index (χ3n) is 2.45. The molecule has 104 valence electrons. The summed E-state index contributed by atoms with van der Waals surface area (Å²) in [5, 5.41) is 8.40. The normalized spacial score (nSPS) is 11.9. The average Bonchev–Trinajstić information content (AvgIpc) is 2.94. The predicted molar refractivity (Wildman–Crippen MR) is 70.3 cm³/mol. The van der Waals surface area contributed by atoms with Gasteiger partial charge in [0.1, 0.15) is 4.90 Å². The highest BCUT2D eigenvalue weighted by atomic mass is 35.5. The Balaban J connectivity index is 1.82. The molecular formula is C10H14ClN5O2S. The lowest BCUT2D eigenvalue weighted by molar-refractivity contribution is 0.553. The fourth-order valence-electron chi connectivity index (χ4n) is 1.53. The summed E-state index contributed by atoms with van der Waals surface area (Å²) in [5.74, 6) is 0. The molecule has 0 saturated carbocycles. The Morgan fingerprint density at radius 1 is 1.32 bits per heavy atom. The number of aromatic nitrogens is 4. The molecule has 2 aromatic heterocycles. The molecule has 0 aliphatic rings. The van der Waals surface area contributed by atoms with E-state index in [4.69, 9.17) is 11.6 Å². The number of rotatable bonds is 6. The van der Waals surface area contributed by atoms with Gasteiger partial charge < -0.3 is 0 Å². The molecule has 19 heavy (non-hydrogen) atoms. The smallest absolute Gasteiger partial charge is 0.243 e. The summed E-state index contributed by atoms with van der Waals surface area (Å²) in [6.45, 7) is 0.928. The fourth-order valence-corrected chi connectivity index (χ4v) is 2.74. The average molecular weight is 304 g/mol. The van der Waals surface area contributed by atoms with Gasteiger partial charge in [0.05, 0.1) is 17.4 Å². The van der Waals surface area contributed by atoms with Crippen LogP contribution in [0.5, 0.6) is 0 Å². The first-order valence-corrected chi connectivity index (χ1v) is 7.50. The Hall–Kier alpha value is -1.38. The van der Waals surface area contributed by atoms with Gasteiger partial charge in [-0.1, -0.05) is 11.6 Å². The molecule has 0 unspecified atom stereocenters. The molecule has 7 nitrogen and oxygen atoms in total. The van der Waals surface area contributed by atoms with Gasteiger partial charge in [-0.2, -0.15) is 10.2 Å². The van der Waals surface area contributed by atoms with E-state index < -0.39 is 10.0 Å². The van der Waals surface area contributed by atoms with E-state index >= 15 is 0 Å². The Morgan fingerprint density at radius 3 is 2.68 bits per heavy atom. The Morgan fingerprint density at radius 2 is 2.11 bits per heavy atom. The van der Waals surface area contributed by atoms with Crippen molar-refractivity contribution in [3.8, 4) is 0 Å². The van der Waals surface area contributed by atoms with Crippen molar-refractivity contribution in [3.05, 3.63) is 29.8 Å². The van der Waals surface area contributed by atoms with Crippen LogP contribution in [-0.2, 0) is 23.6 Å². The molecule has 9 heteroatoms. The molecule has 0 bridgehead atoms. The summed E-state index contributed by atoms with van der Waals surface area (Å²) in [7, 11) is -1.81. The van der Waals surface area contributed by atoms with E-state index in [0.717, 1.165) is 0 Å². The number of hydrogen-bond donors (Lipinski definition) is 1. The van der Waals surface area contributed by atoms with Crippen LogP contribution >= 0.6 is 11.6 Å². The molecule has 0 aliphatic carbocycles. The van der Waals surface area contributed by atoms with E-state index in [0.29, 0.717) is 24.5 Å². The van der Waals surface area contributed by atoms with Crippen molar-refractivity contribution in [2.45, 2.75) is 17.9 Å².